The number of fused-ring (bicyclic) bond motifs is 1. The largest absolute Gasteiger partial charge is 0.454 e. The summed E-state index contributed by atoms with van der Waals surface area (Å²) in [5.41, 5.74) is 1.32. The van der Waals surface area contributed by atoms with E-state index in [-0.39, 0.29) is 0 Å². The quantitative estimate of drug-likeness (QED) is 0.810. The van der Waals surface area contributed by atoms with Crippen LogP contribution in [-0.4, -0.2) is 20.9 Å². The molecule has 1 heterocycles. The van der Waals surface area contributed by atoms with Crippen LogP contribution in [0.3, 0.4) is 0 Å². The molecule has 15 heavy (non-hydrogen) atoms. The summed E-state index contributed by atoms with van der Waals surface area (Å²) in [6.07, 6.45) is 2.27. The summed E-state index contributed by atoms with van der Waals surface area (Å²) in [4.78, 5) is 0. The van der Waals surface area contributed by atoms with Gasteiger partial charge in [0.1, 0.15) is 0 Å². The zero-order valence-electron chi connectivity index (χ0n) is 9.67. The van der Waals surface area contributed by atoms with Gasteiger partial charge in [-0.05, 0) is 38.2 Å². The van der Waals surface area contributed by atoms with Gasteiger partial charge in [0, 0.05) is 0 Å². The van der Waals surface area contributed by atoms with E-state index in [1.165, 1.54) is 12.0 Å². The topological polar surface area (TPSA) is 30.5 Å². The summed E-state index contributed by atoms with van der Waals surface area (Å²) < 4.78 is 10.5. The van der Waals surface area contributed by atoms with Crippen molar-refractivity contribution < 1.29 is 9.47 Å². The number of hydrogen-bond donors (Lipinski definition) is 1. The molecule has 0 spiro atoms. The highest BCUT2D eigenvalue weighted by molar-refractivity contribution is 5.44. The fourth-order valence-electron chi connectivity index (χ4n) is 1.39. The van der Waals surface area contributed by atoms with Crippen LogP contribution in [0.2, 0.25) is 0 Å². The Labute approximate surface area is 91.4 Å². The summed E-state index contributed by atoms with van der Waals surface area (Å²) in [5, 5.41) is 2.75. The first-order valence-electron chi connectivity index (χ1n) is 5.28. The molecule has 0 fully saturated rings. The molecule has 1 aromatic rings. The first-order valence-corrected chi connectivity index (χ1v) is 5.28. The van der Waals surface area contributed by atoms with E-state index in [0.29, 0.717) is 6.79 Å². The fraction of sp³-hybridized carbons (Fsp3) is 0.500. The molecule has 3 nitrogen and oxygen atoms in total. The van der Waals surface area contributed by atoms with Gasteiger partial charge in [-0.25, -0.2) is 0 Å². The Morgan fingerprint density at radius 1 is 1.20 bits per heavy atom. The van der Waals surface area contributed by atoms with Crippen LogP contribution in [0.5, 0.6) is 11.5 Å². The third-order valence-electron chi connectivity index (χ3n) is 1.98. The van der Waals surface area contributed by atoms with E-state index < -0.39 is 0 Å². The highest BCUT2D eigenvalue weighted by Crippen LogP contribution is 2.32. The first kappa shape index (κ1) is 11.9. The lowest BCUT2D eigenvalue weighted by Crippen LogP contribution is -1.92. The van der Waals surface area contributed by atoms with E-state index in [0.717, 1.165) is 17.9 Å². The minimum absolute atomic E-state index is 0.366. The third kappa shape index (κ3) is 3.44. The molecule has 1 N–H and O–H groups in total. The minimum Gasteiger partial charge on any atom is -0.454 e. The molecule has 0 bridgehead atoms. The van der Waals surface area contributed by atoms with Gasteiger partial charge in [0.25, 0.3) is 0 Å². The van der Waals surface area contributed by atoms with Crippen molar-refractivity contribution in [3.8, 4) is 11.5 Å². The van der Waals surface area contributed by atoms with E-state index in [4.69, 9.17) is 9.47 Å². The fourth-order valence-corrected chi connectivity index (χ4v) is 1.39. The van der Waals surface area contributed by atoms with E-state index >= 15 is 0 Å². The van der Waals surface area contributed by atoms with Crippen molar-refractivity contribution in [2.24, 2.45) is 0 Å². The molecule has 0 saturated heterocycles. The number of ether oxygens (including phenoxy) is 2. The average Bonchev–Trinajstić information content (AvgIpc) is 2.66. The van der Waals surface area contributed by atoms with Gasteiger partial charge in [0.2, 0.25) is 6.79 Å². The zero-order chi connectivity index (χ0) is 11.1. The van der Waals surface area contributed by atoms with Crippen LogP contribution < -0.4 is 14.8 Å². The second-order valence-electron chi connectivity index (χ2n) is 3.44. The third-order valence-corrected chi connectivity index (χ3v) is 1.98. The maximum absolute atomic E-state index is 5.26. The number of hydrogen-bond acceptors (Lipinski definition) is 3. The molecule has 0 atom stereocenters. The molecular weight excluding hydrogens is 190 g/mol. The zero-order valence-corrected chi connectivity index (χ0v) is 9.67. The summed E-state index contributed by atoms with van der Waals surface area (Å²) in [5.74, 6) is 1.76. The number of rotatable bonds is 2. The van der Waals surface area contributed by atoms with Crippen LogP contribution in [-0.2, 0) is 6.42 Å². The normalized spacial score (nSPS) is 11.9. The second kappa shape index (κ2) is 6.30. The molecule has 84 valence electrons. The van der Waals surface area contributed by atoms with Crippen molar-refractivity contribution in [3.05, 3.63) is 23.8 Å². The molecule has 0 amide bonds. The first-order chi connectivity index (χ1) is 7.31. The Bertz CT molecular complexity index is 300. The number of benzene rings is 1. The standard InChI is InChI=1S/C10H12O2.C2H7N/c1-2-3-8-4-5-9-10(6-8)12-7-11-9;1-3-2/h4-6H,2-3,7H2,1H3;3H,1-2H3. The van der Waals surface area contributed by atoms with Crippen LogP contribution in [0.1, 0.15) is 18.9 Å². The van der Waals surface area contributed by atoms with Gasteiger partial charge in [0.15, 0.2) is 11.5 Å². The van der Waals surface area contributed by atoms with Crippen LogP contribution in [0.4, 0.5) is 0 Å². The lowest BCUT2D eigenvalue weighted by Gasteiger charge is -1.99. The molecule has 1 aliphatic rings. The molecule has 0 saturated carbocycles. The lowest BCUT2D eigenvalue weighted by atomic mass is 10.1. The van der Waals surface area contributed by atoms with Crippen molar-refractivity contribution >= 4 is 0 Å². The molecular formula is C12H19NO2. The molecule has 0 aliphatic carbocycles. The number of aryl methyl sites for hydroxylation is 1. The molecule has 3 heteroatoms. The maximum atomic E-state index is 5.26. The van der Waals surface area contributed by atoms with E-state index in [1.54, 1.807) is 0 Å². The maximum Gasteiger partial charge on any atom is 0.231 e. The Balaban J connectivity index is 0.000000337. The molecule has 1 aliphatic heterocycles. The Morgan fingerprint density at radius 3 is 2.53 bits per heavy atom. The lowest BCUT2D eigenvalue weighted by molar-refractivity contribution is 0.174. The van der Waals surface area contributed by atoms with Crippen molar-refractivity contribution in [3.63, 3.8) is 0 Å². The average molecular weight is 209 g/mol. The van der Waals surface area contributed by atoms with Crippen molar-refractivity contribution in [1.29, 1.82) is 0 Å². The summed E-state index contributed by atoms with van der Waals surface area (Å²) in [6, 6.07) is 6.14. The van der Waals surface area contributed by atoms with Gasteiger partial charge in [-0.2, -0.15) is 0 Å². The van der Waals surface area contributed by atoms with Crippen LogP contribution >= 0.6 is 0 Å². The minimum atomic E-state index is 0.366. The van der Waals surface area contributed by atoms with Crippen LogP contribution in [0.15, 0.2) is 18.2 Å². The molecule has 1 aromatic carbocycles. The summed E-state index contributed by atoms with van der Waals surface area (Å²) in [7, 11) is 3.75. The SMILES string of the molecule is CCCc1ccc2c(c1)OCO2.CNC. The van der Waals surface area contributed by atoms with Gasteiger partial charge in [0.05, 0.1) is 0 Å². The smallest absolute Gasteiger partial charge is 0.231 e. The van der Waals surface area contributed by atoms with Crippen LogP contribution in [0.25, 0.3) is 0 Å². The monoisotopic (exact) mass is 209 g/mol. The van der Waals surface area contributed by atoms with E-state index in [9.17, 15) is 0 Å². The van der Waals surface area contributed by atoms with E-state index in [1.807, 2.05) is 20.2 Å². The van der Waals surface area contributed by atoms with Gasteiger partial charge in [-0.1, -0.05) is 19.4 Å². The van der Waals surface area contributed by atoms with Gasteiger partial charge < -0.3 is 14.8 Å². The molecule has 0 aromatic heterocycles. The van der Waals surface area contributed by atoms with Gasteiger partial charge in [-0.15, -0.1) is 0 Å². The Morgan fingerprint density at radius 2 is 1.87 bits per heavy atom. The Hall–Kier alpha value is -1.22. The van der Waals surface area contributed by atoms with Crippen molar-refractivity contribution in [1.82, 2.24) is 5.32 Å². The predicted molar refractivity (Wildman–Crippen MR) is 61.5 cm³/mol. The Kier molecular flexibility index (Phi) is 4.98. The van der Waals surface area contributed by atoms with Crippen molar-refractivity contribution in [2.45, 2.75) is 19.8 Å². The summed E-state index contributed by atoms with van der Waals surface area (Å²) >= 11 is 0. The van der Waals surface area contributed by atoms with Gasteiger partial charge >= 0.3 is 0 Å². The number of nitrogens with one attached hydrogen (secondary N) is 1. The molecule has 0 unspecified atom stereocenters. The van der Waals surface area contributed by atoms with E-state index in [2.05, 4.69) is 24.4 Å². The van der Waals surface area contributed by atoms with Crippen LogP contribution in [0, 0.1) is 0 Å². The highest BCUT2D eigenvalue weighted by Gasteiger charge is 2.12. The van der Waals surface area contributed by atoms with Crippen molar-refractivity contribution in [2.75, 3.05) is 20.9 Å². The predicted octanol–water partition coefficient (Wildman–Crippen LogP) is 2.20. The highest BCUT2D eigenvalue weighted by atomic mass is 16.7. The molecule has 0 radical (unpaired) electrons. The second-order valence-corrected chi connectivity index (χ2v) is 3.44. The van der Waals surface area contributed by atoms with Gasteiger partial charge in [-0.3, -0.25) is 0 Å². The summed E-state index contributed by atoms with van der Waals surface area (Å²) in [6.45, 7) is 2.54. The molecule has 2 rings (SSSR count).